The van der Waals surface area contributed by atoms with Crippen molar-refractivity contribution >= 4 is 34.7 Å². The third-order valence-electron chi connectivity index (χ3n) is 3.28. The van der Waals surface area contributed by atoms with Gasteiger partial charge in [-0.15, -0.1) is 0 Å². The number of ether oxygens (including phenoxy) is 1. The zero-order chi connectivity index (χ0) is 15.0. The van der Waals surface area contributed by atoms with Crippen molar-refractivity contribution in [3.8, 4) is 0 Å². The molecule has 3 nitrogen and oxygen atoms in total. The molecule has 21 heavy (non-hydrogen) atoms. The Hall–Kier alpha value is -1.97. The number of benzene rings is 2. The first-order valence-electron chi connectivity index (χ1n) is 6.25. The smallest absolute Gasteiger partial charge is 0.349 e. The van der Waals surface area contributed by atoms with Crippen LogP contribution in [0.15, 0.2) is 54.3 Å². The predicted molar refractivity (Wildman–Crippen MR) is 82.3 cm³/mol. The Kier molecular flexibility index (Phi) is 3.62. The normalized spacial score (nSPS) is 18.0. The Labute approximate surface area is 131 Å². The molecule has 1 aliphatic rings. The van der Waals surface area contributed by atoms with E-state index in [4.69, 9.17) is 33.0 Å². The van der Waals surface area contributed by atoms with E-state index < -0.39 is 12.1 Å². The molecule has 2 aromatic rings. The van der Waals surface area contributed by atoms with Crippen LogP contribution in [0, 0.1) is 0 Å². The van der Waals surface area contributed by atoms with Crippen LogP contribution in [-0.2, 0) is 9.53 Å². The number of rotatable bonds is 2. The summed E-state index contributed by atoms with van der Waals surface area (Å²) < 4.78 is 5.32. The Bertz CT molecular complexity index is 738. The zero-order valence-corrected chi connectivity index (χ0v) is 12.3. The number of cyclic esters (lactones) is 1. The van der Waals surface area contributed by atoms with Crippen molar-refractivity contribution in [3.63, 3.8) is 0 Å². The summed E-state index contributed by atoms with van der Waals surface area (Å²) in [6.07, 6.45) is -0.705. The van der Waals surface area contributed by atoms with Gasteiger partial charge in [0, 0.05) is 11.1 Å². The van der Waals surface area contributed by atoms with Gasteiger partial charge in [-0.3, -0.25) is 0 Å². The molecule has 1 heterocycles. The van der Waals surface area contributed by atoms with E-state index in [1.807, 2.05) is 30.3 Å². The van der Waals surface area contributed by atoms with Gasteiger partial charge < -0.3 is 9.84 Å². The lowest BCUT2D eigenvalue weighted by Crippen LogP contribution is -2.03. The minimum Gasteiger partial charge on any atom is -0.593 e. The van der Waals surface area contributed by atoms with Crippen molar-refractivity contribution in [3.05, 3.63) is 75.5 Å². The van der Waals surface area contributed by atoms with Crippen LogP contribution in [0.25, 0.3) is 5.57 Å². The molecule has 0 aromatic heterocycles. The van der Waals surface area contributed by atoms with Gasteiger partial charge in [0.2, 0.25) is 6.10 Å². The second-order valence-corrected chi connectivity index (χ2v) is 5.37. The number of hydrogen-bond donors (Lipinski definition) is 0. The molecule has 0 amide bonds. The van der Waals surface area contributed by atoms with Crippen LogP contribution in [0.2, 0.25) is 10.0 Å². The largest absolute Gasteiger partial charge is 0.593 e. The van der Waals surface area contributed by atoms with Gasteiger partial charge in [-0.05, 0) is 6.07 Å². The van der Waals surface area contributed by atoms with E-state index in [9.17, 15) is 4.79 Å². The fourth-order valence-corrected chi connectivity index (χ4v) is 2.68. The van der Waals surface area contributed by atoms with Crippen LogP contribution < -0.4 is 0 Å². The topological polar surface area (TPSA) is 49.2 Å². The third-order valence-corrected chi connectivity index (χ3v) is 4.10. The van der Waals surface area contributed by atoms with Gasteiger partial charge >= 0.3 is 5.97 Å². The van der Waals surface area contributed by atoms with E-state index >= 15 is 0 Å². The van der Waals surface area contributed by atoms with Crippen LogP contribution in [0.5, 0.6) is 0 Å². The summed E-state index contributed by atoms with van der Waals surface area (Å²) in [7, 11) is 0. The highest BCUT2D eigenvalue weighted by molar-refractivity contribution is 6.44. The molecule has 2 aromatic carbocycles. The molecule has 0 bridgehead atoms. The summed E-state index contributed by atoms with van der Waals surface area (Å²) in [4.78, 5) is 12.1. The van der Waals surface area contributed by atoms with Crippen LogP contribution in [-0.4, -0.2) is 11.1 Å². The average molecular weight is 322 g/mol. The molecule has 0 saturated heterocycles. The summed E-state index contributed by atoms with van der Waals surface area (Å²) in [6, 6.07) is 14.1. The van der Waals surface area contributed by atoms with Crippen molar-refractivity contribution in [2.24, 2.45) is 0 Å². The van der Waals surface area contributed by atoms with E-state index in [0.29, 0.717) is 10.6 Å². The summed E-state index contributed by atoms with van der Waals surface area (Å²) in [6.45, 7) is 0. The second-order valence-electron chi connectivity index (χ2n) is 4.59. The molecule has 5 heteroatoms. The van der Waals surface area contributed by atoms with Crippen LogP contribution in [0.3, 0.4) is 0 Å². The zero-order valence-electron chi connectivity index (χ0n) is 10.8. The van der Waals surface area contributed by atoms with Gasteiger partial charge in [-0.25, -0.2) is 4.79 Å². The molecule has 1 atom stereocenters. The lowest BCUT2D eigenvalue weighted by Gasteiger charge is -2.07. The van der Waals surface area contributed by atoms with E-state index in [2.05, 4.69) is 0 Å². The highest BCUT2D eigenvalue weighted by Crippen LogP contribution is 2.41. The maximum Gasteiger partial charge on any atom is 0.349 e. The summed E-state index contributed by atoms with van der Waals surface area (Å²) >= 11 is 12.1. The number of esters is 1. The SMILES string of the molecule is O=C1OC(c2ccccc2)C([OH2+])=C1c1cccc(Cl)c1Cl. The molecule has 0 fully saturated rings. The van der Waals surface area contributed by atoms with Crippen LogP contribution in [0.4, 0.5) is 0 Å². The van der Waals surface area contributed by atoms with E-state index in [-0.39, 0.29) is 16.4 Å². The average Bonchev–Trinajstić information content (AvgIpc) is 2.78. The van der Waals surface area contributed by atoms with E-state index in [1.165, 1.54) is 0 Å². The minimum absolute atomic E-state index is 0.0929. The number of hydrogen-bond acceptors (Lipinski definition) is 2. The maximum absolute atomic E-state index is 12.1. The Morgan fingerprint density at radius 1 is 1.00 bits per heavy atom. The van der Waals surface area contributed by atoms with Crippen LogP contribution in [0.1, 0.15) is 17.2 Å². The lowest BCUT2D eigenvalue weighted by molar-refractivity contribution is -0.138. The fourth-order valence-electron chi connectivity index (χ4n) is 2.28. The molecule has 0 spiro atoms. The van der Waals surface area contributed by atoms with Crippen LogP contribution >= 0.6 is 23.2 Å². The first kappa shape index (κ1) is 14.0. The molecule has 1 unspecified atom stereocenters. The summed E-state index contributed by atoms with van der Waals surface area (Å²) in [5, 5.41) is 8.84. The van der Waals surface area contributed by atoms with Gasteiger partial charge in [0.15, 0.2) is 5.57 Å². The Balaban J connectivity index is 2.11. The first-order chi connectivity index (χ1) is 10.1. The molecule has 106 valence electrons. The minimum atomic E-state index is -0.705. The number of carbonyl (C=O) groups excluding carboxylic acids is 1. The third kappa shape index (κ3) is 2.39. The number of carbonyl (C=O) groups is 1. The molecule has 0 aliphatic carbocycles. The lowest BCUT2D eigenvalue weighted by atomic mass is 10.0. The Morgan fingerprint density at radius 2 is 1.71 bits per heavy atom. The van der Waals surface area contributed by atoms with E-state index in [1.54, 1.807) is 18.2 Å². The van der Waals surface area contributed by atoms with Crippen molar-refractivity contribution in [1.82, 2.24) is 0 Å². The number of halogens is 2. The Morgan fingerprint density at radius 3 is 2.43 bits per heavy atom. The maximum atomic E-state index is 12.1. The quantitative estimate of drug-likeness (QED) is 0.625. The highest BCUT2D eigenvalue weighted by Gasteiger charge is 2.41. The van der Waals surface area contributed by atoms with Crippen molar-refractivity contribution < 1.29 is 14.6 Å². The highest BCUT2D eigenvalue weighted by atomic mass is 35.5. The standard InChI is InChI=1S/C16H10Cl2O3/c17-11-8-4-7-10(13(11)18)12-14(19)15(21-16(12)20)9-5-2-1-3-6-9/h1-8,15,19H/p+1. The molecular weight excluding hydrogens is 311 g/mol. The molecule has 2 N–H and O–H groups in total. The molecule has 3 rings (SSSR count). The first-order valence-corrected chi connectivity index (χ1v) is 7.01. The van der Waals surface area contributed by atoms with Crippen molar-refractivity contribution in [2.45, 2.75) is 6.10 Å². The van der Waals surface area contributed by atoms with Gasteiger partial charge in [0.05, 0.1) is 10.0 Å². The van der Waals surface area contributed by atoms with E-state index in [0.717, 1.165) is 5.56 Å². The van der Waals surface area contributed by atoms with Gasteiger partial charge in [0.25, 0.3) is 5.76 Å². The molecule has 1 aliphatic heterocycles. The predicted octanol–water partition coefficient (Wildman–Crippen LogP) is 3.73. The fraction of sp³-hybridized carbons (Fsp3) is 0.0625. The molecule has 0 radical (unpaired) electrons. The van der Waals surface area contributed by atoms with Crippen molar-refractivity contribution in [2.75, 3.05) is 0 Å². The molecule has 0 saturated carbocycles. The molecular formula is C16H11Cl2O3+. The summed E-state index contributed by atoms with van der Waals surface area (Å²) in [5.41, 5.74) is 1.35. The van der Waals surface area contributed by atoms with Gasteiger partial charge in [-0.2, -0.15) is 0 Å². The monoisotopic (exact) mass is 321 g/mol. The van der Waals surface area contributed by atoms with Crippen molar-refractivity contribution in [1.29, 1.82) is 0 Å². The van der Waals surface area contributed by atoms with Gasteiger partial charge in [-0.1, -0.05) is 65.7 Å². The van der Waals surface area contributed by atoms with Gasteiger partial charge in [0.1, 0.15) is 0 Å². The second kappa shape index (κ2) is 5.43. The summed E-state index contributed by atoms with van der Waals surface area (Å²) in [5.74, 6) is -0.464.